The normalized spacial score (nSPS) is 25.5. The van der Waals surface area contributed by atoms with Crippen LogP contribution in [0.2, 0.25) is 5.28 Å². The molecule has 6 heterocycles. The number of ether oxygens (including phenoxy) is 3. The van der Waals surface area contributed by atoms with Crippen LogP contribution in [0, 0.1) is 0 Å². The van der Waals surface area contributed by atoms with Gasteiger partial charge >= 0.3 is 12.7 Å². The van der Waals surface area contributed by atoms with Gasteiger partial charge in [0, 0.05) is 5.56 Å². The standard InChI is InChI=1S/C34H31ClFN10O10PS/c35-34-42-26(37)21-29(44-34)46(14-40-21)31-20(36)24(18(11-47)53-31)56-57(51,58)52-12-19-23(48)25(55-33(50)17-9-5-2-6-10-17)32(54-19)45-15-41-22-27(38-13-39-28(22)45)43-30(49)16-7-3-1-4-8-16/h1-10,13-15,18-20,23-25,31-32,47-48H,11-12H2,(H,51,58)(H2,37,42,44)(H,38,39,43,49)/t18-,19-,20?,23+,24+,25?,31-,32-,57?/m1/s1. The Morgan fingerprint density at radius 1 is 0.914 bits per heavy atom. The number of hydrogen-bond donors (Lipinski definition) is 5. The lowest BCUT2D eigenvalue weighted by Gasteiger charge is -2.25. The largest absolute Gasteiger partial charge is 0.451 e. The molecule has 0 saturated carbocycles. The number of benzene rings is 2. The average Bonchev–Trinajstić information content (AvgIpc) is 3.99. The minimum absolute atomic E-state index is 0.0388. The van der Waals surface area contributed by atoms with E-state index in [0.29, 0.717) is 5.56 Å². The molecule has 2 aliphatic heterocycles. The van der Waals surface area contributed by atoms with Crippen LogP contribution in [-0.2, 0) is 35.1 Å². The molecule has 9 atom stereocenters. The lowest BCUT2D eigenvalue weighted by Crippen LogP contribution is -2.37. The molecular formula is C34H31ClFN10O10PS. The van der Waals surface area contributed by atoms with Crippen LogP contribution >= 0.6 is 18.3 Å². The average molecular weight is 857 g/mol. The van der Waals surface area contributed by atoms with E-state index in [9.17, 15) is 24.7 Å². The van der Waals surface area contributed by atoms with E-state index in [2.05, 4.69) is 35.2 Å². The Morgan fingerprint density at radius 2 is 1.57 bits per heavy atom. The number of nitrogens with two attached hydrogens (primary N) is 1. The third-order valence-corrected chi connectivity index (χ3v) is 11.0. The third kappa shape index (κ3) is 7.74. The first-order valence-electron chi connectivity index (χ1n) is 17.3. The van der Waals surface area contributed by atoms with E-state index in [0.717, 1.165) is 0 Å². The summed E-state index contributed by atoms with van der Waals surface area (Å²) in [5.41, 5.74) is 6.86. The smallest absolute Gasteiger partial charge is 0.338 e. The second-order valence-corrected chi connectivity index (χ2v) is 16.0. The van der Waals surface area contributed by atoms with E-state index in [1.165, 1.54) is 40.2 Å². The van der Waals surface area contributed by atoms with Gasteiger partial charge in [-0.15, -0.1) is 0 Å². The molecule has 58 heavy (non-hydrogen) atoms. The molecule has 2 fully saturated rings. The number of esters is 1. The van der Waals surface area contributed by atoms with Crippen LogP contribution in [0.15, 0.2) is 79.6 Å². The number of alkyl halides is 1. The number of nitrogens with one attached hydrogen (secondary N) is 1. The molecule has 8 rings (SSSR count). The number of fused-ring (bicyclic) bond motifs is 2. The summed E-state index contributed by atoms with van der Waals surface area (Å²) >= 11 is 11.2. The highest BCUT2D eigenvalue weighted by atomic mass is 35.5. The van der Waals surface area contributed by atoms with Gasteiger partial charge in [0.1, 0.15) is 36.3 Å². The first-order chi connectivity index (χ1) is 27.9. The minimum Gasteiger partial charge on any atom is -0.451 e. The van der Waals surface area contributed by atoms with E-state index in [1.807, 2.05) is 0 Å². The van der Waals surface area contributed by atoms with Crippen molar-refractivity contribution in [1.29, 1.82) is 0 Å². The Hall–Kier alpha value is -5.13. The van der Waals surface area contributed by atoms with Crippen molar-refractivity contribution in [2.45, 2.75) is 49.1 Å². The highest BCUT2D eigenvalue weighted by Gasteiger charge is 2.51. The van der Waals surface area contributed by atoms with Crippen LogP contribution < -0.4 is 11.1 Å². The summed E-state index contributed by atoms with van der Waals surface area (Å²) in [5.74, 6) is -1.25. The highest BCUT2D eigenvalue weighted by molar-refractivity contribution is 8.07. The summed E-state index contributed by atoms with van der Waals surface area (Å²) < 4.78 is 47.4. The third-order valence-electron chi connectivity index (χ3n) is 9.27. The number of nitrogens with zero attached hydrogens (tertiary/aromatic N) is 8. The fraction of sp³-hybridized carbons (Fsp3) is 0.294. The van der Waals surface area contributed by atoms with Gasteiger partial charge < -0.3 is 44.9 Å². The summed E-state index contributed by atoms with van der Waals surface area (Å²) in [7, 11) is 0. The molecule has 2 saturated heterocycles. The molecule has 0 aliphatic carbocycles. The molecule has 4 aromatic heterocycles. The first kappa shape index (κ1) is 39.7. The SMILES string of the molecule is Nc1nc(Cl)nc2c1ncn2[C@@H]1O[C@H](CO)[C@H](OP(O)(=S)OC[C@H]2O[C@@H](n3cnc4c(NC(=O)c5ccccc5)ncnc43)C(OC(=O)c3ccccc3)[C@H]2O)C1F. The van der Waals surface area contributed by atoms with Crippen molar-refractivity contribution < 1.29 is 52.3 Å². The maximum absolute atomic E-state index is 16.1. The van der Waals surface area contributed by atoms with Gasteiger partial charge in [0.25, 0.3) is 5.91 Å². The zero-order chi connectivity index (χ0) is 40.7. The molecule has 2 aliphatic rings. The van der Waals surface area contributed by atoms with Crippen molar-refractivity contribution in [3.8, 4) is 0 Å². The highest BCUT2D eigenvalue weighted by Crippen LogP contribution is 2.50. The van der Waals surface area contributed by atoms with Crippen LogP contribution in [0.5, 0.6) is 0 Å². The van der Waals surface area contributed by atoms with Gasteiger partial charge in [-0.1, -0.05) is 36.4 Å². The Morgan fingerprint density at radius 3 is 2.28 bits per heavy atom. The zero-order valence-corrected chi connectivity index (χ0v) is 32.0. The predicted octanol–water partition coefficient (Wildman–Crippen LogP) is 2.48. The van der Waals surface area contributed by atoms with Gasteiger partial charge in [0.2, 0.25) is 5.28 Å². The van der Waals surface area contributed by atoms with Crippen LogP contribution in [0.4, 0.5) is 16.0 Å². The summed E-state index contributed by atoms with van der Waals surface area (Å²) in [4.78, 5) is 62.2. The van der Waals surface area contributed by atoms with Crippen LogP contribution in [-0.4, -0.2) is 116 Å². The monoisotopic (exact) mass is 856 g/mol. The second-order valence-electron chi connectivity index (χ2n) is 12.9. The molecule has 1 amide bonds. The van der Waals surface area contributed by atoms with Gasteiger partial charge in [-0.3, -0.25) is 18.5 Å². The van der Waals surface area contributed by atoms with Crippen molar-refractivity contribution in [2.75, 3.05) is 24.3 Å². The first-order valence-corrected chi connectivity index (χ1v) is 20.2. The van der Waals surface area contributed by atoms with Gasteiger partial charge in [0.15, 0.2) is 53.2 Å². The summed E-state index contributed by atoms with van der Waals surface area (Å²) in [5, 5.41) is 24.1. The number of aliphatic hydroxyl groups excluding tert-OH is 2. The van der Waals surface area contributed by atoms with Crippen molar-refractivity contribution in [3.05, 3.63) is 96.1 Å². The van der Waals surface area contributed by atoms with Gasteiger partial charge in [-0.25, -0.2) is 29.1 Å². The lowest BCUT2D eigenvalue weighted by atomic mass is 10.1. The second kappa shape index (κ2) is 16.3. The number of anilines is 2. The Balaban J connectivity index is 1.01. The van der Waals surface area contributed by atoms with Gasteiger partial charge in [-0.2, -0.15) is 9.97 Å². The number of aromatic nitrogens is 8. The summed E-state index contributed by atoms with van der Waals surface area (Å²) in [6.07, 6.45) is -8.57. The molecule has 6 N–H and O–H groups in total. The van der Waals surface area contributed by atoms with E-state index < -0.39 is 81.0 Å². The van der Waals surface area contributed by atoms with E-state index >= 15 is 4.39 Å². The number of hydrogen-bond acceptors (Lipinski definition) is 17. The number of nitrogen functional groups attached to an aromatic ring is 1. The molecule has 0 spiro atoms. The number of carbonyl (C=O) groups is 2. The van der Waals surface area contributed by atoms with Crippen molar-refractivity contribution in [1.82, 2.24) is 39.0 Å². The number of halogens is 2. The maximum atomic E-state index is 16.1. The van der Waals surface area contributed by atoms with Crippen molar-refractivity contribution in [3.63, 3.8) is 0 Å². The molecule has 0 radical (unpaired) electrons. The van der Waals surface area contributed by atoms with Crippen molar-refractivity contribution >= 4 is 76.0 Å². The molecule has 6 aromatic rings. The van der Waals surface area contributed by atoms with Crippen LogP contribution in [0.3, 0.4) is 0 Å². The van der Waals surface area contributed by atoms with Crippen LogP contribution in [0.1, 0.15) is 33.2 Å². The maximum Gasteiger partial charge on any atom is 0.338 e. The summed E-state index contributed by atoms with van der Waals surface area (Å²) in [6.45, 7) is -5.80. The molecule has 24 heteroatoms. The van der Waals surface area contributed by atoms with Crippen molar-refractivity contribution in [2.24, 2.45) is 0 Å². The molecule has 302 valence electrons. The fourth-order valence-corrected chi connectivity index (χ4v) is 8.12. The number of imidazole rings is 2. The van der Waals surface area contributed by atoms with Gasteiger partial charge in [0.05, 0.1) is 31.4 Å². The topological polar surface area (TPSA) is 266 Å². The zero-order valence-electron chi connectivity index (χ0n) is 29.5. The number of aliphatic hydroxyl groups is 2. The van der Waals surface area contributed by atoms with E-state index in [4.69, 9.17) is 52.4 Å². The van der Waals surface area contributed by atoms with Gasteiger partial charge in [-0.05, 0) is 47.7 Å². The molecule has 2 aromatic carbocycles. The number of rotatable bonds is 12. The molecule has 0 bridgehead atoms. The quantitative estimate of drug-likeness (QED) is 0.0672. The molecule has 20 nitrogen and oxygen atoms in total. The Kier molecular flexibility index (Phi) is 11.1. The Bertz CT molecular complexity index is 2530. The van der Waals surface area contributed by atoms with E-state index in [1.54, 1.807) is 48.5 Å². The Labute approximate surface area is 336 Å². The predicted molar refractivity (Wildman–Crippen MR) is 203 cm³/mol. The number of amides is 1. The lowest BCUT2D eigenvalue weighted by molar-refractivity contribution is -0.0581. The minimum atomic E-state index is -4.40. The molecular weight excluding hydrogens is 826 g/mol. The number of carbonyl (C=O) groups excluding carboxylic acids is 2. The molecule has 3 unspecified atom stereocenters. The van der Waals surface area contributed by atoms with E-state index in [-0.39, 0.29) is 44.8 Å². The van der Waals surface area contributed by atoms with Crippen LogP contribution in [0.25, 0.3) is 22.3 Å². The summed E-state index contributed by atoms with van der Waals surface area (Å²) in [6, 6.07) is 16.4. The fourth-order valence-electron chi connectivity index (χ4n) is 6.51.